The number of nitrogens with zero attached hydrogens (tertiary/aromatic N) is 2. The maximum atomic E-state index is 11.4. The Hall–Kier alpha value is -1.23. The van der Waals surface area contributed by atoms with Crippen LogP contribution in [0.5, 0.6) is 5.75 Å². The van der Waals surface area contributed by atoms with Crippen molar-refractivity contribution in [2.75, 3.05) is 14.1 Å². The molecule has 2 N–H and O–H groups in total. The predicted molar refractivity (Wildman–Crippen MR) is 58.8 cm³/mol. The molecule has 0 aromatic carbocycles. The van der Waals surface area contributed by atoms with Gasteiger partial charge in [-0.05, 0) is 12.1 Å². The first kappa shape index (κ1) is 13.8. The second kappa shape index (κ2) is 4.56. The van der Waals surface area contributed by atoms with Gasteiger partial charge in [0.15, 0.2) is 5.75 Å². The summed E-state index contributed by atoms with van der Waals surface area (Å²) in [6.07, 6.45) is 1.16. The molecule has 0 unspecified atom stereocenters. The average Bonchev–Trinajstić information content (AvgIpc) is 2.15. The molecular weight excluding hydrogens is 270 g/mol. The number of rotatable bonds is 4. The Bertz CT molecular complexity index is 608. The van der Waals surface area contributed by atoms with Crippen molar-refractivity contribution in [1.29, 1.82) is 0 Å². The minimum Gasteiger partial charge on any atom is -0.368 e. The van der Waals surface area contributed by atoms with Gasteiger partial charge in [-0.2, -0.15) is 12.7 Å². The van der Waals surface area contributed by atoms with Crippen LogP contribution in [0.25, 0.3) is 0 Å². The van der Waals surface area contributed by atoms with E-state index >= 15 is 0 Å². The number of sulfonamides is 1. The lowest BCUT2D eigenvalue weighted by Gasteiger charge is -2.13. The normalized spacial score (nSPS) is 12.7. The maximum absolute atomic E-state index is 11.4. The Labute approximate surface area is 99.3 Å². The molecule has 8 nitrogen and oxygen atoms in total. The Morgan fingerprint density at radius 1 is 1.29 bits per heavy atom. The van der Waals surface area contributed by atoms with Crippen LogP contribution in [0, 0.1) is 0 Å². The molecule has 0 atom stereocenters. The van der Waals surface area contributed by atoms with E-state index in [0.717, 1.165) is 16.6 Å². The van der Waals surface area contributed by atoms with Gasteiger partial charge >= 0.3 is 10.3 Å². The summed E-state index contributed by atoms with van der Waals surface area (Å²) in [7, 11) is -5.73. The number of aromatic nitrogens is 1. The minimum atomic E-state index is -4.15. The van der Waals surface area contributed by atoms with E-state index in [-0.39, 0.29) is 0 Å². The van der Waals surface area contributed by atoms with E-state index < -0.39 is 31.1 Å². The second-order valence-electron chi connectivity index (χ2n) is 3.18. The second-order valence-corrected chi connectivity index (χ2v) is 6.40. The molecule has 1 aromatic rings. The smallest absolute Gasteiger partial charge is 0.368 e. The van der Waals surface area contributed by atoms with Crippen LogP contribution in [-0.2, 0) is 20.3 Å². The maximum Gasteiger partial charge on any atom is 0.384 e. The summed E-state index contributed by atoms with van der Waals surface area (Å²) in [5.74, 6) is -0.441. The van der Waals surface area contributed by atoms with Gasteiger partial charge in [-0.3, -0.25) is 0 Å². The lowest BCUT2D eigenvalue weighted by Crippen LogP contribution is -2.28. The molecule has 96 valence electrons. The Kier molecular flexibility index (Phi) is 3.71. The van der Waals surface area contributed by atoms with Gasteiger partial charge in [0.2, 0.25) is 5.03 Å². The molecule has 0 radical (unpaired) electrons. The van der Waals surface area contributed by atoms with Crippen molar-refractivity contribution in [3.05, 3.63) is 18.3 Å². The molecule has 0 fully saturated rings. The zero-order valence-electron chi connectivity index (χ0n) is 9.06. The fourth-order valence-electron chi connectivity index (χ4n) is 0.841. The molecule has 0 bridgehead atoms. The minimum absolute atomic E-state index is 0.441. The lowest BCUT2D eigenvalue weighted by molar-refractivity contribution is 0.415. The Morgan fingerprint density at radius 3 is 2.35 bits per heavy atom. The number of pyridine rings is 1. The van der Waals surface area contributed by atoms with Crippen LogP contribution in [0.15, 0.2) is 23.4 Å². The first-order valence-electron chi connectivity index (χ1n) is 4.24. The fourth-order valence-corrected chi connectivity index (χ4v) is 2.00. The molecule has 1 heterocycles. The number of nitrogens with two attached hydrogens (primary N) is 1. The van der Waals surface area contributed by atoms with Gasteiger partial charge in [0.1, 0.15) is 0 Å². The van der Waals surface area contributed by atoms with Gasteiger partial charge in [-0.25, -0.2) is 18.5 Å². The average molecular weight is 281 g/mol. The Morgan fingerprint density at radius 2 is 1.88 bits per heavy atom. The van der Waals surface area contributed by atoms with Crippen molar-refractivity contribution in [1.82, 2.24) is 9.29 Å². The van der Waals surface area contributed by atoms with Crippen molar-refractivity contribution >= 4 is 20.3 Å². The van der Waals surface area contributed by atoms with Crippen molar-refractivity contribution in [3.8, 4) is 5.75 Å². The van der Waals surface area contributed by atoms with Crippen LogP contribution in [0.1, 0.15) is 0 Å². The summed E-state index contributed by atoms with van der Waals surface area (Å²) in [6.45, 7) is 0. The van der Waals surface area contributed by atoms with Gasteiger partial charge in [0.25, 0.3) is 10.0 Å². The first-order chi connectivity index (χ1) is 7.64. The van der Waals surface area contributed by atoms with Gasteiger partial charge in [-0.15, -0.1) is 0 Å². The first-order valence-corrected chi connectivity index (χ1v) is 7.15. The summed E-state index contributed by atoms with van der Waals surface area (Å²) in [4.78, 5) is 3.47. The van der Waals surface area contributed by atoms with E-state index in [2.05, 4.69) is 9.17 Å². The van der Waals surface area contributed by atoms with Gasteiger partial charge in [0, 0.05) is 20.3 Å². The van der Waals surface area contributed by atoms with Crippen LogP contribution in [-0.4, -0.2) is 40.2 Å². The molecule has 0 saturated heterocycles. The van der Waals surface area contributed by atoms with Crippen molar-refractivity contribution in [2.45, 2.75) is 5.03 Å². The molecule has 0 spiro atoms. The van der Waals surface area contributed by atoms with E-state index in [1.165, 1.54) is 20.2 Å². The molecule has 0 saturated carbocycles. The highest BCUT2D eigenvalue weighted by atomic mass is 32.2. The summed E-state index contributed by atoms with van der Waals surface area (Å²) in [5, 5.41) is 4.24. The SMILES string of the molecule is CN(C)S(=O)(=O)Oc1cccnc1S(N)(=O)=O. The topological polar surface area (TPSA) is 120 Å². The molecule has 0 aliphatic heterocycles. The van der Waals surface area contributed by atoms with Crippen LogP contribution >= 0.6 is 0 Å². The quantitative estimate of drug-likeness (QED) is 0.749. The van der Waals surface area contributed by atoms with E-state index in [0.29, 0.717) is 0 Å². The van der Waals surface area contributed by atoms with Crippen LogP contribution in [0.2, 0.25) is 0 Å². The number of hydrogen-bond donors (Lipinski definition) is 1. The summed E-state index contributed by atoms with van der Waals surface area (Å²) < 4.78 is 50.5. The fraction of sp³-hybridized carbons (Fsp3) is 0.286. The van der Waals surface area contributed by atoms with E-state index in [9.17, 15) is 16.8 Å². The molecule has 1 aromatic heterocycles. The third kappa shape index (κ3) is 3.36. The molecule has 17 heavy (non-hydrogen) atoms. The van der Waals surface area contributed by atoms with Gasteiger partial charge in [-0.1, -0.05) is 0 Å². The van der Waals surface area contributed by atoms with Crippen LogP contribution in [0.3, 0.4) is 0 Å². The highest BCUT2D eigenvalue weighted by Crippen LogP contribution is 2.21. The molecule has 0 aliphatic rings. The van der Waals surface area contributed by atoms with Crippen molar-refractivity contribution < 1.29 is 21.0 Å². The van der Waals surface area contributed by atoms with Gasteiger partial charge < -0.3 is 4.18 Å². The Balaban J connectivity index is 3.27. The zero-order valence-corrected chi connectivity index (χ0v) is 10.7. The monoisotopic (exact) mass is 281 g/mol. The van der Waals surface area contributed by atoms with Crippen LogP contribution < -0.4 is 9.32 Å². The lowest BCUT2D eigenvalue weighted by atomic mass is 10.5. The van der Waals surface area contributed by atoms with E-state index in [4.69, 9.17) is 5.14 Å². The van der Waals surface area contributed by atoms with Gasteiger partial charge in [0.05, 0.1) is 0 Å². The highest BCUT2D eigenvalue weighted by molar-refractivity contribution is 7.89. The predicted octanol–water partition coefficient (Wildman–Crippen LogP) is -1.09. The summed E-state index contributed by atoms with van der Waals surface area (Å²) >= 11 is 0. The standard InChI is InChI=1S/C7H11N3O5S2/c1-10(2)17(13,14)15-6-4-3-5-9-7(6)16(8,11)12/h3-5H,1-2H3,(H2,8,11,12). The third-order valence-corrected chi connectivity index (χ3v) is 3.78. The van der Waals surface area contributed by atoms with Crippen LogP contribution in [0.4, 0.5) is 0 Å². The largest absolute Gasteiger partial charge is 0.384 e. The van der Waals surface area contributed by atoms with Crippen molar-refractivity contribution in [3.63, 3.8) is 0 Å². The molecule has 0 aliphatic carbocycles. The number of primary sulfonamides is 1. The third-order valence-electron chi connectivity index (χ3n) is 1.65. The van der Waals surface area contributed by atoms with Crippen molar-refractivity contribution in [2.24, 2.45) is 5.14 Å². The van der Waals surface area contributed by atoms with E-state index in [1.54, 1.807) is 0 Å². The summed E-state index contributed by atoms with van der Waals surface area (Å²) in [6, 6.07) is 2.48. The highest BCUT2D eigenvalue weighted by Gasteiger charge is 2.23. The summed E-state index contributed by atoms with van der Waals surface area (Å²) in [5.41, 5.74) is 0. The molecular formula is C7H11N3O5S2. The molecule has 0 amide bonds. The molecule has 1 rings (SSSR count). The number of hydrogen-bond acceptors (Lipinski definition) is 6. The molecule has 10 heteroatoms. The zero-order chi connectivity index (χ0) is 13.3. The van der Waals surface area contributed by atoms with E-state index in [1.807, 2.05) is 0 Å².